The largest absolute Gasteiger partial charge is 0.466 e. The van der Waals surface area contributed by atoms with Crippen LogP contribution in [0.25, 0.3) is 0 Å². The standard InChI is InChI=1S/C17H34N4O2/c1-5-18-17(19-11-7-8-16(22)23-6-2)20-15-9-12-21(13-10-15)14(3)4/h14-15H,5-13H2,1-4H3,(H2,18,19,20). The molecule has 1 aliphatic rings. The molecule has 0 amide bonds. The van der Waals surface area contributed by atoms with Crippen molar-refractivity contribution in [3.05, 3.63) is 0 Å². The number of nitrogens with one attached hydrogen (secondary N) is 2. The van der Waals surface area contributed by atoms with Crippen LogP contribution in [0.1, 0.15) is 53.4 Å². The average molecular weight is 326 g/mol. The molecule has 0 atom stereocenters. The van der Waals surface area contributed by atoms with Crippen LogP contribution in [0, 0.1) is 0 Å². The number of rotatable bonds is 8. The summed E-state index contributed by atoms with van der Waals surface area (Å²) >= 11 is 0. The molecule has 0 aromatic rings. The summed E-state index contributed by atoms with van der Waals surface area (Å²) in [5, 5.41) is 6.81. The van der Waals surface area contributed by atoms with Gasteiger partial charge in [0.1, 0.15) is 0 Å². The highest BCUT2D eigenvalue weighted by atomic mass is 16.5. The number of hydrogen-bond acceptors (Lipinski definition) is 4. The Morgan fingerprint density at radius 3 is 2.57 bits per heavy atom. The van der Waals surface area contributed by atoms with Gasteiger partial charge in [0.05, 0.1) is 6.61 Å². The van der Waals surface area contributed by atoms with Gasteiger partial charge in [0.2, 0.25) is 0 Å². The third-order valence-electron chi connectivity index (χ3n) is 4.06. The minimum atomic E-state index is -0.137. The van der Waals surface area contributed by atoms with Crippen LogP contribution >= 0.6 is 0 Å². The Balaban J connectivity index is 2.34. The van der Waals surface area contributed by atoms with Crippen molar-refractivity contribution in [2.45, 2.75) is 65.5 Å². The van der Waals surface area contributed by atoms with Gasteiger partial charge in [0, 0.05) is 44.7 Å². The highest BCUT2D eigenvalue weighted by Crippen LogP contribution is 2.12. The molecule has 6 nitrogen and oxygen atoms in total. The van der Waals surface area contributed by atoms with Gasteiger partial charge >= 0.3 is 5.97 Å². The van der Waals surface area contributed by atoms with Crippen molar-refractivity contribution in [2.24, 2.45) is 4.99 Å². The molecule has 1 heterocycles. The van der Waals surface area contributed by atoms with E-state index in [4.69, 9.17) is 4.74 Å². The second-order valence-electron chi connectivity index (χ2n) is 6.22. The zero-order valence-corrected chi connectivity index (χ0v) is 15.2. The molecule has 0 unspecified atom stereocenters. The Kier molecular flexibility index (Phi) is 9.67. The van der Waals surface area contributed by atoms with Crippen LogP contribution in [0.15, 0.2) is 4.99 Å². The van der Waals surface area contributed by atoms with Crippen LogP contribution in [0.4, 0.5) is 0 Å². The van der Waals surface area contributed by atoms with Gasteiger partial charge in [-0.05, 0) is 47.0 Å². The van der Waals surface area contributed by atoms with Crippen LogP contribution in [0.2, 0.25) is 0 Å². The molecule has 1 saturated heterocycles. The Hall–Kier alpha value is -1.30. The number of likely N-dealkylation sites (tertiary alicyclic amines) is 1. The molecule has 134 valence electrons. The molecule has 0 bridgehead atoms. The predicted octanol–water partition coefficient (Wildman–Crippen LogP) is 1.76. The van der Waals surface area contributed by atoms with Gasteiger partial charge in [-0.1, -0.05) is 0 Å². The van der Waals surface area contributed by atoms with E-state index in [0.29, 0.717) is 31.7 Å². The van der Waals surface area contributed by atoms with Crippen molar-refractivity contribution in [1.82, 2.24) is 15.5 Å². The lowest BCUT2D eigenvalue weighted by Gasteiger charge is -2.35. The fourth-order valence-corrected chi connectivity index (χ4v) is 2.72. The number of aliphatic imine (C=N–C) groups is 1. The number of esters is 1. The summed E-state index contributed by atoms with van der Waals surface area (Å²) in [6, 6.07) is 1.11. The number of carbonyl (C=O) groups is 1. The zero-order valence-electron chi connectivity index (χ0n) is 15.2. The highest BCUT2D eigenvalue weighted by molar-refractivity contribution is 5.80. The van der Waals surface area contributed by atoms with Crippen LogP contribution in [-0.4, -0.2) is 61.7 Å². The molecule has 0 radical (unpaired) electrons. The first-order valence-corrected chi connectivity index (χ1v) is 9.01. The second-order valence-corrected chi connectivity index (χ2v) is 6.22. The minimum Gasteiger partial charge on any atom is -0.466 e. The molecule has 0 saturated carbocycles. The second kappa shape index (κ2) is 11.3. The zero-order chi connectivity index (χ0) is 17.1. The van der Waals surface area contributed by atoms with Crippen LogP contribution in [0.5, 0.6) is 0 Å². The number of piperidine rings is 1. The first-order chi connectivity index (χ1) is 11.1. The number of ether oxygens (including phenoxy) is 1. The van der Waals surface area contributed by atoms with Crippen LogP contribution in [0.3, 0.4) is 0 Å². The normalized spacial score (nSPS) is 17.3. The van der Waals surface area contributed by atoms with Crippen molar-refractivity contribution in [3.63, 3.8) is 0 Å². The van der Waals surface area contributed by atoms with Gasteiger partial charge in [0.25, 0.3) is 0 Å². The van der Waals surface area contributed by atoms with Gasteiger partial charge in [0.15, 0.2) is 5.96 Å². The average Bonchev–Trinajstić information content (AvgIpc) is 2.52. The smallest absolute Gasteiger partial charge is 0.305 e. The Morgan fingerprint density at radius 2 is 2.00 bits per heavy atom. The van der Waals surface area contributed by atoms with Gasteiger partial charge in [-0.15, -0.1) is 0 Å². The third kappa shape index (κ3) is 8.21. The molecule has 1 fully saturated rings. The lowest BCUT2D eigenvalue weighted by Crippen LogP contribution is -2.49. The topological polar surface area (TPSA) is 66.0 Å². The Morgan fingerprint density at radius 1 is 1.30 bits per heavy atom. The maximum Gasteiger partial charge on any atom is 0.305 e. The van der Waals surface area contributed by atoms with E-state index >= 15 is 0 Å². The van der Waals surface area contributed by atoms with Gasteiger partial charge in [-0.2, -0.15) is 0 Å². The van der Waals surface area contributed by atoms with E-state index in [1.54, 1.807) is 0 Å². The summed E-state index contributed by atoms with van der Waals surface area (Å²) in [5.74, 6) is 0.723. The summed E-state index contributed by atoms with van der Waals surface area (Å²) < 4.78 is 4.92. The minimum absolute atomic E-state index is 0.137. The van der Waals surface area contributed by atoms with Gasteiger partial charge in [-0.25, -0.2) is 0 Å². The summed E-state index contributed by atoms with van der Waals surface area (Å²) in [6.07, 6.45) is 3.45. The summed E-state index contributed by atoms with van der Waals surface area (Å²) in [4.78, 5) is 18.4. The van der Waals surface area contributed by atoms with Crippen molar-refractivity contribution >= 4 is 11.9 Å². The van der Waals surface area contributed by atoms with Gasteiger partial charge < -0.3 is 20.3 Å². The van der Waals surface area contributed by atoms with E-state index in [0.717, 1.165) is 44.9 Å². The summed E-state index contributed by atoms with van der Waals surface area (Å²) in [6.45, 7) is 12.6. The molecule has 1 rings (SSSR count). The highest BCUT2D eigenvalue weighted by Gasteiger charge is 2.21. The van der Waals surface area contributed by atoms with Gasteiger partial charge in [-0.3, -0.25) is 9.79 Å². The summed E-state index contributed by atoms with van der Waals surface area (Å²) in [7, 11) is 0. The number of guanidine groups is 1. The van der Waals surface area contributed by atoms with E-state index in [-0.39, 0.29) is 5.97 Å². The SMILES string of the molecule is CCNC(=NCCCC(=O)OCC)NC1CCN(C(C)C)CC1. The molecule has 23 heavy (non-hydrogen) atoms. The first-order valence-electron chi connectivity index (χ1n) is 9.01. The molecule has 0 aliphatic carbocycles. The fourth-order valence-electron chi connectivity index (χ4n) is 2.72. The van der Waals surface area contributed by atoms with Crippen molar-refractivity contribution in [3.8, 4) is 0 Å². The predicted molar refractivity (Wildman–Crippen MR) is 94.7 cm³/mol. The third-order valence-corrected chi connectivity index (χ3v) is 4.06. The number of nitrogens with zero attached hydrogens (tertiary/aromatic N) is 2. The molecule has 2 N–H and O–H groups in total. The summed E-state index contributed by atoms with van der Waals surface area (Å²) in [5.41, 5.74) is 0. The van der Waals surface area contributed by atoms with E-state index in [9.17, 15) is 4.79 Å². The molecular weight excluding hydrogens is 292 g/mol. The quantitative estimate of drug-likeness (QED) is 0.308. The maximum absolute atomic E-state index is 11.3. The molecular formula is C17H34N4O2. The maximum atomic E-state index is 11.3. The molecule has 1 aliphatic heterocycles. The molecule has 0 spiro atoms. The monoisotopic (exact) mass is 326 g/mol. The van der Waals surface area contributed by atoms with E-state index in [1.165, 1.54) is 0 Å². The van der Waals surface area contributed by atoms with Crippen molar-refractivity contribution in [1.29, 1.82) is 0 Å². The first kappa shape index (κ1) is 19.7. The van der Waals surface area contributed by atoms with Crippen LogP contribution < -0.4 is 10.6 Å². The Labute approximate surface area is 141 Å². The molecule has 0 aromatic carbocycles. The van der Waals surface area contributed by atoms with E-state index < -0.39 is 0 Å². The van der Waals surface area contributed by atoms with E-state index in [2.05, 4.69) is 41.3 Å². The number of carbonyl (C=O) groups excluding carboxylic acids is 1. The van der Waals surface area contributed by atoms with Crippen molar-refractivity contribution in [2.75, 3.05) is 32.8 Å². The Bertz CT molecular complexity index is 364. The molecule has 6 heteroatoms. The lowest BCUT2D eigenvalue weighted by atomic mass is 10.0. The fraction of sp³-hybridized carbons (Fsp3) is 0.882. The number of hydrogen-bond donors (Lipinski definition) is 2. The van der Waals surface area contributed by atoms with E-state index in [1.807, 2.05) is 6.92 Å². The molecule has 0 aromatic heterocycles. The van der Waals surface area contributed by atoms with Crippen molar-refractivity contribution < 1.29 is 9.53 Å². The van der Waals surface area contributed by atoms with Crippen LogP contribution in [-0.2, 0) is 9.53 Å². The lowest BCUT2D eigenvalue weighted by molar-refractivity contribution is -0.143.